The number of hydrogen-bond acceptors (Lipinski definition) is 7. The lowest BCUT2D eigenvalue weighted by Gasteiger charge is -2.08. The number of nitrogens with zero attached hydrogens (tertiary/aromatic N) is 5. The minimum absolute atomic E-state index is 0.0987. The number of anilines is 1. The number of carbonyl (C=O) groups is 1. The minimum atomic E-state index is 0.0987. The highest BCUT2D eigenvalue weighted by atomic mass is 32.2. The summed E-state index contributed by atoms with van der Waals surface area (Å²) < 4.78 is 0. The van der Waals surface area contributed by atoms with E-state index in [9.17, 15) is 4.79 Å². The Bertz CT molecular complexity index is 565. The number of H-pyrrole nitrogens is 1. The van der Waals surface area contributed by atoms with E-state index >= 15 is 0 Å². The molecule has 7 nitrogen and oxygen atoms in total. The van der Waals surface area contributed by atoms with Crippen LogP contribution in [0, 0.1) is 0 Å². The van der Waals surface area contributed by atoms with Gasteiger partial charge in [-0.2, -0.15) is 0 Å². The van der Waals surface area contributed by atoms with E-state index in [1.165, 1.54) is 18.7 Å². The van der Waals surface area contributed by atoms with E-state index in [0.29, 0.717) is 22.7 Å². The zero-order valence-corrected chi connectivity index (χ0v) is 11.7. The van der Waals surface area contributed by atoms with Crippen molar-refractivity contribution in [2.45, 2.75) is 12.1 Å². The van der Waals surface area contributed by atoms with Crippen LogP contribution < -0.4 is 4.90 Å². The zero-order valence-electron chi connectivity index (χ0n) is 10.9. The molecule has 100 valence electrons. The van der Waals surface area contributed by atoms with Crippen molar-refractivity contribution in [2.24, 2.45) is 0 Å². The van der Waals surface area contributed by atoms with Crippen molar-refractivity contribution < 1.29 is 4.79 Å². The summed E-state index contributed by atoms with van der Waals surface area (Å²) in [5.41, 5.74) is 0.757. The summed E-state index contributed by atoms with van der Waals surface area (Å²) in [5.74, 6) is 1.71. The standard InChI is InChI=1S/C11H14N6OS/c1-7(18)6-19-11-14-9(15-16-11)8-4-12-10(13-5-8)17(2)3/h4-5H,6H2,1-3H3,(H,14,15,16). The van der Waals surface area contributed by atoms with Crippen molar-refractivity contribution >= 4 is 23.5 Å². The Balaban J connectivity index is 2.11. The van der Waals surface area contributed by atoms with Gasteiger partial charge in [0.1, 0.15) is 5.78 Å². The normalized spacial score (nSPS) is 10.5. The van der Waals surface area contributed by atoms with Gasteiger partial charge in [-0.1, -0.05) is 11.8 Å². The number of carbonyl (C=O) groups excluding carboxylic acids is 1. The Kier molecular flexibility index (Phi) is 4.10. The van der Waals surface area contributed by atoms with Crippen LogP contribution in [-0.4, -0.2) is 50.8 Å². The van der Waals surface area contributed by atoms with Crippen LogP contribution in [0.4, 0.5) is 5.95 Å². The summed E-state index contributed by atoms with van der Waals surface area (Å²) in [6.07, 6.45) is 3.37. The van der Waals surface area contributed by atoms with Gasteiger partial charge in [-0.25, -0.2) is 9.97 Å². The number of thioether (sulfide) groups is 1. The average molecular weight is 278 g/mol. The van der Waals surface area contributed by atoms with E-state index in [4.69, 9.17) is 0 Å². The third-order valence-electron chi connectivity index (χ3n) is 2.19. The van der Waals surface area contributed by atoms with E-state index in [1.807, 2.05) is 19.0 Å². The Morgan fingerprint density at radius 1 is 1.32 bits per heavy atom. The fourth-order valence-corrected chi connectivity index (χ4v) is 1.89. The molecular formula is C11H14N6OS. The van der Waals surface area contributed by atoms with Gasteiger partial charge in [-0.05, 0) is 6.92 Å². The molecule has 8 heteroatoms. The van der Waals surface area contributed by atoms with E-state index in [-0.39, 0.29) is 5.78 Å². The summed E-state index contributed by atoms with van der Waals surface area (Å²) in [4.78, 5) is 24.1. The van der Waals surface area contributed by atoms with Gasteiger partial charge in [0, 0.05) is 26.5 Å². The van der Waals surface area contributed by atoms with Crippen LogP contribution >= 0.6 is 11.8 Å². The van der Waals surface area contributed by atoms with Crippen LogP contribution in [0.2, 0.25) is 0 Å². The Labute approximate surface area is 114 Å². The average Bonchev–Trinajstić information content (AvgIpc) is 2.85. The first-order valence-electron chi connectivity index (χ1n) is 5.61. The van der Waals surface area contributed by atoms with Crippen LogP contribution in [0.3, 0.4) is 0 Å². The molecule has 0 spiro atoms. The summed E-state index contributed by atoms with van der Waals surface area (Å²) in [5, 5.41) is 8.58. The Morgan fingerprint density at radius 2 is 2.00 bits per heavy atom. The first kappa shape index (κ1) is 13.5. The minimum Gasteiger partial charge on any atom is -0.347 e. The Morgan fingerprint density at radius 3 is 2.58 bits per heavy atom. The third-order valence-corrected chi connectivity index (χ3v) is 3.20. The number of aromatic amines is 1. The molecule has 0 aliphatic carbocycles. The van der Waals surface area contributed by atoms with Crippen LogP contribution in [0.25, 0.3) is 11.4 Å². The SMILES string of the molecule is CC(=O)CSc1nnc(-c2cnc(N(C)C)nc2)[nH]1. The predicted octanol–water partition coefficient (Wildman–Crippen LogP) is 1.01. The van der Waals surface area contributed by atoms with Gasteiger partial charge in [0.25, 0.3) is 0 Å². The molecule has 0 saturated carbocycles. The van der Waals surface area contributed by atoms with Crippen molar-refractivity contribution in [3.8, 4) is 11.4 Å². The molecule has 0 radical (unpaired) electrons. The van der Waals surface area contributed by atoms with Crippen molar-refractivity contribution in [3.05, 3.63) is 12.4 Å². The first-order valence-corrected chi connectivity index (χ1v) is 6.59. The molecule has 0 bridgehead atoms. The lowest BCUT2D eigenvalue weighted by atomic mass is 10.3. The summed E-state index contributed by atoms with van der Waals surface area (Å²) in [6.45, 7) is 1.54. The van der Waals surface area contributed by atoms with Gasteiger partial charge < -0.3 is 9.88 Å². The van der Waals surface area contributed by atoms with Gasteiger partial charge in [-0.15, -0.1) is 10.2 Å². The van der Waals surface area contributed by atoms with Crippen molar-refractivity contribution in [1.82, 2.24) is 25.1 Å². The lowest BCUT2D eigenvalue weighted by molar-refractivity contribution is -0.114. The molecule has 2 rings (SSSR count). The fourth-order valence-electron chi connectivity index (χ4n) is 1.29. The second-order valence-electron chi connectivity index (χ2n) is 4.14. The highest BCUT2D eigenvalue weighted by Crippen LogP contribution is 2.18. The third kappa shape index (κ3) is 3.50. The molecule has 1 N–H and O–H groups in total. The van der Waals surface area contributed by atoms with Gasteiger partial charge in [0.05, 0.1) is 11.3 Å². The molecule has 0 fully saturated rings. The topological polar surface area (TPSA) is 87.7 Å². The van der Waals surface area contributed by atoms with Crippen molar-refractivity contribution in [1.29, 1.82) is 0 Å². The van der Waals surface area contributed by atoms with Gasteiger partial charge >= 0.3 is 0 Å². The van der Waals surface area contributed by atoms with E-state index in [2.05, 4.69) is 25.1 Å². The van der Waals surface area contributed by atoms with Crippen LogP contribution in [0.5, 0.6) is 0 Å². The maximum atomic E-state index is 10.9. The lowest BCUT2D eigenvalue weighted by Crippen LogP contribution is -2.12. The van der Waals surface area contributed by atoms with Crippen LogP contribution in [0.1, 0.15) is 6.92 Å². The second kappa shape index (κ2) is 5.79. The van der Waals surface area contributed by atoms with Gasteiger partial charge in [0.15, 0.2) is 11.0 Å². The second-order valence-corrected chi connectivity index (χ2v) is 5.10. The maximum Gasteiger partial charge on any atom is 0.224 e. The molecule has 2 heterocycles. The van der Waals surface area contributed by atoms with Crippen LogP contribution in [0.15, 0.2) is 17.6 Å². The van der Waals surface area contributed by atoms with E-state index in [0.717, 1.165) is 5.56 Å². The fraction of sp³-hybridized carbons (Fsp3) is 0.364. The Hall–Kier alpha value is -1.96. The number of aromatic nitrogens is 5. The van der Waals surface area contributed by atoms with Crippen molar-refractivity contribution in [2.75, 3.05) is 24.7 Å². The number of rotatable bonds is 5. The quantitative estimate of drug-likeness (QED) is 0.816. The summed E-state index contributed by atoms with van der Waals surface area (Å²) >= 11 is 1.32. The number of hydrogen-bond donors (Lipinski definition) is 1. The summed E-state index contributed by atoms with van der Waals surface area (Å²) in [6, 6.07) is 0. The molecule has 2 aromatic rings. The predicted molar refractivity (Wildman–Crippen MR) is 73.1 cm³/mol. The smallest absolute Gasteiger partial charge is 0.224 e. The maximum absolute atomic E-state index is 10.9. The molecule has 0 amide bonds. The zero-order chi connectivity index (χ0) is 13.8. The van der Waals surface area contributed by atoms with Crippen LogP contribution in [-0.2, 0) is 4.79 Å². The number of Topliss-reactive ketones (excluding diaryl/α,β-unsaturated/α-hetero) is 1. The monoisotopic (exact) mass is 278 g/mol. The molecule has 0 unspecified atom stereocenters. The van der Waals surface area contributed by atoms with E-state index in [1.54, 1.807) is 12.4 Å². The number of ketones is 1. The molecule has 0 aliphatic heterocycles. The van der Waals surface area contributed by atoms with Crippen molar-refractivity contribution in [3.63, 3.8) is 0 Å². The number of nitrogens with one attached hydrogen (secondary N) is 1. The molecule has 0 aliphatic rings. The molecular weight excluding hydrogens is 264 g/mol. The van der Waals surface area contributed by atoms with Gasteiger partial charge in [-0.3, -0.25) is 4.79 Å². The highest BCUT2D eigenvalue weighted by molar-refractivity contribution is 7.99. The highest BCUT2D eigenvalue weighted by Gasteiger charge is 2.08. The van der Waals surface area contributed by atoms with E-state index < -0.39 is 0 Å². The summed E-state index contributed by atoms with van der Waals surface area (Å²) in [7, 11) is 3.75. The molecule has 2 aromatic heterocycles. The molecule has 0 aromatic carbocycles. The molecule has 0 saturated heterocycles. The molecule has 0 atom stereocenters. The van der Waals surface area contributed by atoms with Gasteiger partial charge in [0.2, 0.25) is 5.95 Å². The largest absolute Gasteiger partial charge is 0.347 e. The first-order chi connectivity index (χ1) is 9.06. The molecule has 19 heavy (non-hydrogen) atoms.